The van der Waals surface area contributed by atoms with Gasteiger partial charge in [-0.1, -0.05) is 25.0 Å². The van der Waals surface area contributed by atoms with Gasteiger partial charge in [-0.2, -0.15) is 0 Å². The molecule has 28 heavy (non-hydrogen) atoms. The van der Waals surface area contributed by atoms with E-state index in [4.69, 9.17) is 4.74 Å². The summed E-state index contributed by atoms with van der Waals surface area (Å²) in [4.78, 5) is 9.44. The molecule has 1 N–H and O–H groups in total. The first-order chi connectivity index (χ1) is 13.7. The van der Waals surface area contributed by atoms with E-state index in [0.29, 0.717) is 5.41 Å². The molecule has 6 heteroatoms. The SMILES string of the molecule is CN=C(NCC(c1ccc(F)cc1)N1CCOCC1)N1CCC2(CCCC2)C1. The maximum atomic E-state index is 13.4. The Bertz CT molecular complexity index is 666. The van der Waals surface area contributed by atoms with Crippen molar-refractivity contribution in [2.75, 3.05) is 53.0 Å². The van der Waals surface area contributed by atoms with E-state index in [1.807, 2.05) is 19.2 Å². The van der Waals surface area contributed by atoms with Crippen LogP contribution in [0.3, 0.4) is 0 Å². The van der Waals surface area contributed by atoms with E-state index in [1.165, 1.54) is 32.1 Å². The number of benzene rings is 1. The standard InChI is InChI=1S/C22H33FN4O/c1-24-21(27-11-10-22(17-27)8-2-3-9-22)25-16-20(26-12-14-28-15-13-26)18-4-6-19(23)7-5-18/h4-7,20H,2-3,8-17H2,1H3,(H,24,25). The summed E-state index contributed by atoms with van der Waals surface area (Å²) in [6.07, 6.45) is 6.78. The third-order valence-electron chi connectivity index (χ3n) is 6.81. The number of hydrogen-bond donors (Lipinski definition) is 1. The van der Waals surface area contributed by atoms with Crippen molar-refractivity contribution < 1.29 is 9.13 Å². The molecule has 1 aromatic carbocycles. The van der Waals surface area contributed by atoms with Gasteiger partial charge in [-0.25, -0.2) is 4.39 Å². The summed E-state index contributed by atoms with van der Waals surface area (Å²) in [5.41, 5.74) is 1.66. The third kappa shape index (κ3) is 4.33. The number of morpholine rings is 1. The summed E-state index contributed by atoms with van der Waals surface area (Å²) >= 11 is 0. The van der Waals surface area contributed by atoms with Crippen molar-refractivity contribution in [1.82, 2.24) is 15.1 Å². The molecule has 1 aromatic rings. The highest BCUT2D eigenvalue weighted by Gasteiger charge is 2.41. The summed E-state index contributed by atoms with van der Waals surface area (Å²) in [5, 5.41) is 3.63. The Morgan fingerprint density at radius 3 is 2.54 bits per heavy atom. The van der Waals surface area contributed by atoms with E-state index in [-0.39, 0.29) is 11.9 Å². The van der Waals surface area contributed by atoms with Gasteiger partial charge in [0.2, 0.25) is 0 Å². The lowest BCUT2D eigenvalue weighted by molar-refractivity contribution is 0.0169. The van der Waals surface area contributed by atoms with Crippen LogP contribution < -0.4 is 5.32 Å². The molecule has 0 amide bonds. The van der Waals surface area contributed by atoms with Gasteiger partial charge in [-0.05, 0) is 42.4 Å². The van der Waals surface area contributed by atoms with Gasteiger partial charge in [-0.3, -0.25) is 9.89 Å². The van der Waals surface area contributed by atoms with Crippen LogP contribution in [0, 0.1) is 11.2 Å². The number of rotatable bonds is 4. The number of likely N-dealkylation sites (tertiary alicyclic amines) is 1. The maximum Gasteiger partial charge on any atom is 0.193 e. The van der Waals surface area contributed by atoms with Gasteiger partial charge in [0, 0.05) is 39.8 Å². The Labute approximate surface area is 167 Å². The monoisotopic (exact) mass is 388 g/mol. The van der Waals surface area contributed by atoms with E-state index in [9.17, 15) is 4.39 Å². The molecular formula is C22H33FN4O. The Balaban J connectivity index is 1.43. The van der Waals surface area contributed by atoms with Crippen LogP contribution in [0.5, 0.6) is 0 Å². The first-order valence-electron chi connectivity index (χ1n) is 10.7. The Hall–Kier alpha value is -1.66. The first kappa shape index (κ1) is 19.6. The lowest BCUT2D eigenvalue weighted by atomic mass is 9.86. The molecule has 4 rings (SSSR count). The van der Waals surface area contributed by atoms with Gasteiger partial charge in [0.1, 0.15) is 5.82 Å². The minimum Gasteiger partial charge on any atom is -0.379 e. The normalized spacial score (nSPS) is 24.1. The summed E-state index contributed by atoms with van der Waals surface area (Å²) in [5.74, 6) is 0.816. The molecule has 0 bridgehead atoms. The van der Waals surface area contributed by atoms with Gasteiger partial charge in [0.15, 0.2) is 5.96 Å². The van der Waals surface area contributed by atoms with Crippen LogP contribution in [0.1, 0.15) is 43.7 Å². The number of halogens is 1. The van der Waals surface area contributed by atoms with Gasteiger partial charge in [0.05, 0.1) is 19.3 Å². The second-order valence-electron chi connectivity index (χ2n) is 8.52. The Morgan fingerprint density at radius 1 is 1.14 bits per heavy atom. The van der Waals surface area contributed by atoms with Gasteiger partial charge in [0.25, 0.3) is 0 Å². The van der Waals surface area contributed by atoms with Crippen molar-refractivity contribution in [1.29, 1.82) is 0 Å². The molecule has 2 saturated heterocycles. The summed E-state index contributed by atoms with van der Waals surface area (Å²) < 4.78 is 19.0. The molecule has 1 atom stereocenters. The van der Waals surface area contributed by atoms with E-state index in [1.54, 1.807) is 12.1 Å². The maximum absolute atomic E-state index is 13.4. The van der Waals surface area contributed by atoms with Crippen molar-refractivity contribution in [3.8, 4) is 0 Å². The molecule has 2 heterocycles. The molecule has 1 unspecified atom stereocenters. The van der Waals surface area contributed by atoms with E-state index in [0.717, 1.165) is 57.5 Å². The summed E-state index contributed by atoms with van der Waals surface area (Å²) in [7, 11) is 1.88. The molecule has 3 aliphatic rings. The average molecular weight is 389 g/mol. The molecule has 2 aliphatic heterocycles. The minimum atomic E-state index is -0.188. The average Bonchev–Trinajstić information content (AvgIpc) is 3.37. The van der Waals surface area contributed by atoms with Crippen molar-refractivity contribution in [3.05, 3.63) is 35.6 Å². The van der Waals surface area contributed by atoms with Crippen molar-refractivity contribution in [2.45, 2.75) is 38.1 Å². The quantitative estimate of drug-likeness (QED) is 0.636. The largest absolute Gasteiger partial charge is 0.379 e. The van der Waals surface area contributed by atoms with Crippen LogP contribution in [-0.2, 0) is 4.74 Å². The van der Waals surface area contributed by atoms with Crippen molar-refractivity contribution in [2.24, 2.45) is 10.4 Å². The molecule has 154 valence electrons. The predicted molar refractivity (Wildman–Crippen MR) is 110 cm³/mol. The molecule has 0 radical (unpaired) electrons. The Kier molecular flexibility index (Phi) is 6.16. The zero-order chi connectivity index (χ0) is 19.4. The Morgan fingerprint density at radius 2 is 1.86 bits per heavy atom. The van der Waals surface area contributed by atoms with Crippen LogP contribution in [0.25, 0.3) is 0 Å². The highest BCUT2D eigenvalue weighted by molar-refractivity contribution is 5.80. The van der Waals surface area contributed by atoms with Crippen LogP contribution in [-0.4, -0.2) is 68.7 Å². The third-order valence-corrected chi connectivity index (χ3v) is 6.81. The first-order valence-corrected chi connectivity index (χ1v) is 10.7. The lowest BCUT2D eigenvalue weighted by Crippen LogP contribution is -2.47. The smallest absolute Gasteiger partial charge is 0.193 e. The number of nitrogens with one attached hydrogen (secondary N) is 1. The molecule has 1 spiro atoms. The minimum absolute atomic E-state index is 0.185. The predicted octanol–water partition coefficient (Wildman–Crippen LogP) is 3.04. The van der Waals surface area contributed by atoms with Crippen LogP contribution in [0.2, 0.25) is 0 Å². The molecule has 0 aromatic heterocycles. The number of nitrogens with zero attached hydrogens (tertiary/aromatic N) is 3. The highest BCUT2D eigenvalue weighted by atomic mass is 19.1. The number of aliphatic imine (C=N–C) groups is 1. The topological polar surface area (TPSA) is 40.1 Å². The van der Waals surface area contributed by atoms with Crippen molar-refractivity contribution >= 4 is 5.96 Å². The summed E-state index contributed by atoms with van der Waals surface area (Å²) in [6.45, 7) is 6.29. The fourth-order valence-electron chi connectivity index (χ4n) is 5.20. The van der Waals surface area contributed by atoms with Crippen LogP contribution >= 0.6 is 0 Å². The second kappa shape index (κ2) is 8.78. The lowest BCUT2D eigenvalue weighted by Gasteiger charge is -2.36. The zero-order valence-corrected chi connectivity index (χ0v) is 17.0. The van der Waals surface area contributed by atoms with E-state index >= 15 is 0 Å². The molecule has 1 saturated carbocycles. The number of hydrogen-bond acceptors (Lipinski definition) is 3. The fraction of sp³-hybridized carbons (Fsp3) is 0.682. The molecule has 1 aliphatic carbocycles. The second-order valence-corrected chi connectivity index (χ2v) is 8.52. The zero-order valence-electron chi connectivity index (χ0n) is 17.0. The van der Waals surface area contributed by atoms with E-state index < -0.39 is 0 Å². The molecule has 3 fully saturated rings. The van der Waals surface area contributed by atoms with Crippen LogP contribution in [0.15, 0.2) is 29.3 Å². The van der Waals surface area contributed by atoms with Gasteiger partial charge in [-0.15, -0.1) is 0 Å². The van der Waals surface area contributed by atoms with Crippen LogP contribution in [0.4, 0.5) is 4.39 Å². The van der Waals surface area contributed by atoms with E-state index in [2.05, 4.69) is 20.1 Å². The van der Waals surface area contributed by atoms with Gasteiger partial charge < -0.3 is 15.0 Å². The number of guanidine groups is 1. The molecule has 5 nitrogen and oxygen atoms in total. The van der Waals surface area contributed by atoms with Crippen molar-refractivity contribution in [3.63, 3.8) is 0 Å². The molecular weight excluding hydrogens is 355 g/mol. The summed E-state index contributed by atoms with van der Waals surface area (Å²) in [6, 6.07) is 7.11. The fourth-order valence-corrected chi connectivity index (χ4v) is 5.20. The number of ether oxygens (including phenoxy) is 1. The highest BCUT2D eigenvalue weighted by Crippen LogP contribution is 2.45. The van der Waals surface area contributed by atoms with Gasteiger partial charge >= 0.3 is 0 Å².